The molecule has 0 aliphatic carbocycles. The van der Waals surface area contributed by atoms with Crippen LogP contribution >= 0.6 is 0 Å². The van der Waals surface area contributed by atoms with Crippen molar-refractivity contribution in [2.75, 3.05) is 19.8 Å². The lowest BCUT2D eigenvalue weighted by atomic mass is 10.1. The molecule has 1 aromatic rings. The van der Waals surface area contributed by atoms with Gasteiger partial charge in [0.05, 0.1) is 6.61 Å². The number of hydrogen-bond acceptors (Lipinski definition) is 2. The van der Waals surface area contributed by atoms with Crippen LogP contribution in [0.25, 0.3) is 0 Å². The van der Waals surface area contributed by atoms with Crippen LogP contribution in [0.5, 0.6) is 0 Å². The standard InChI is InChI=1S/C12H19NO/c1-3-14-10-9-13-11(2)12-7-5-4-6-8-12/h4-8,11,13H,3,9-10H2,1-2H3/t11-/m0/s1. The molecule has 2 heteroatoms. The summed E-state index contributed by atoms with van der Waals surface area (Å²) in [6, 6.07) is 10.8. The molecule has 0 saturated carbocycles. The summed E-state index contributed by atoms with van der Waals surface area (Å²) >= 11 is 0. The Morgan fingerprint density at radius 2 is 2.00 bits per heavy atom. The Balaban J connectivity index is 2.25. The lowest BCUT2D eigenvalue weighted by molar-refractivity contribution is 0.147. The Hall–Kier alpha value is -0.860. The minimum absolute atomic E-state index is 0.400. The lowest BCUT2D eigenvalue weighted by Crippen LogP contribution is -2.23. The number of benzene rings is 1. The van der Waals surface area contributed by atoms with Crippen molar-refractivity contribution in [3.05, 3.63) is 35.9 Å². The first-order chi connectivity index (χ1) is 6.84. The molecule has 0 spiro atoms. The van der Waals surface area contributed by atoms with Crippen molar-refractivity contribution in [1.29, 1.82) is 0 Å². The highest BCUT2D eigenvalue weighted by Crippen LogP contribution is 2.10. The first-order valence-electron chi connectivity index (χ1n) is 5.20. The maximum Gasteiger partial charge on any atom is 0.0590 e. The third kappa shape index (κ3) is 3.90. The largest absolute Gasteiger partial charge is 0.380 e. The van der Waals surface area contributed by atoms with Gasteiger partial charge in [0, 0.05) is 19.2 Å². The average Bonchev–Trinajstić information content (AvgIpc) is 2.25. The zero-order valence-electron chi connectivity index (χ0n) is 8.99. The number of nitrogens with one attached hydrogen (secondary N) is 1. The molecule has 1 N–H and O–H groups in total. The molecule has 1 aromatic carbocycles. The molecule has 0 heterocycles. The molecule has 14 heavy (non-hydrogen) atoms. The van der Waals surface area contributed by atoms with E-state index in [1.54, 1.807) is 0 Å². The fourth-order valence-corrected chi connectivity index (χ4v) is 1.35. The molecule has 0 aromatic heterocycles. The molecular formula is C12H19NO. The summed E-state index contributed by atoms with van der Waals surface area (Å²) in [6.45, 7) is 6.67. The second-order valence-corrected chi connectivity index (χ2v) is 3.28. The van der Waals surface area contributed by atoms with E-state index in [1.165, 1.54) is 5.56 Å². The van der Waals surface area contributed by atoms with Crippen molar-refractivity contribution in [2.45, 2.75) is 19.9 Å². The Kier molecular flexibility index (Phi) is 5.27. The highest BCUT2D eigenvalue weighted by Gasteiger charge is 2.01. The zero-order chi connectivity index (χ0) is 10.2. The van der Waals surface area contributed by atoms with E-state index >= 15 is 0 Å². The summed E-state index contributed by atoms with van der Waals surface area (Å²) < 4.78 is 5.26. The van der Waals surface area contributed by atoms with Crippen LogP contribution in [-0.2, 0) is 4.74 Å². The second kappa shape index (κ2) is 6.57. The molecule has 0 radical (unpaired) electrons. The Morgan fingerprint density at radius 3 is 2.64 bits per heavy atom. The third-order valence-electron chi connectivity index (χ3n) is 2.20. The van der Waals surface area contributed by atoms with E-state index in [1.807, 2.05) is 13.0 Å². The Labute approximate surface area is 86.3 Å². The molecule has 0 fully saturated rings. The predicted octanol–water partition coefficient (Wildman–Crippen LogP) is 2.37. The first-order valence-corrected chi connectivity index (χ1v) is 5.20. The fourth-order valence-electron chi connectivity index (χ4n) is 1.35. The van der Waals surface area contributed by atoms with E-state index in [4.69, 9.17) is 4.74 Å². The number of ether oxygens (including phenoxy) is 1. The van der Waals surface area contributed by atoms with Crippen molar-refractivity contribution in [3.63, 3.8) is 0 Å². The molecule has 0 saturated heterocycles. The first kappa shape index (κ1) is 11.2. The topological polar surface area (TPSA) is 21.3 Å². The summed E-state index contributed by atoms with van der Waals surface area (Å²) in [5, 5.41) is 3.41. The van der Waals surface area contributed by atoms with Crippen LogP contribution in [-0.4, -0.2) is 19.8 Å². The van der Waals surface area contributed by atoms with E-state index in [0.29, 0.717) is 6.04 Å². The molecule has 1 atom stereocenters. The molecule has 0 aliphatic rings. The second-order valence-electron chi connectivity index (χ2n) is 3.28. The van der Waals surface area contributed by atoms with Crippen molar-refractivity contribution in [2.24, 2.45) is 0 Å². The highest BCUT2D eigenvalue weighted by atomic mass is 16.5. The molecule has 2 nitrogen and oxygen atoms in total. The van der Waals surface area contributed by atoms with Gasteiger partial charge in [0.15, 0.2) is 0 Å². The van der Waals surface area contributed by atoms with Gasteiger partial charge in [0.2, 0.25) is 0 Å². The van der Waals surface area contributed by atoms with E-state index in [9.17, 15) is 0 Å². The zero-order valence-corrected chi connectivity index (χ0v) is 8.99. The van der Waals surface area contributed by atoms with E-state index in [-0.39, 0.29) is 0 Å². The molecule has 1 rings (SSSR count). The van der Waals surface area contributed by atoms with Crippen LogP contribution in [0.2, 0.25) is 0 Å². The van der Waals surface area contributed by atoms with Gasteiger partial charge in [-0.3, -0.25) is 0 Å². The third-order valence-corrected chi connectivity index (χ3v) is 2.20. The smallest absolute Gasteiger partial charge is 0.0590 e. The molecule has 78 valence electrons. The van der Waals surface area contributed by atoms with Crippen molar-refractivity contribution < 1.29 is 4.74 Å². The van der Waals surface area contributed by atoms with E-state index in [2.05, 4.69) is 36.5 Å². The lowest BCUT2D eigenvalue weighted by Gasteiger charge is -2.13. The predicted molar refractivity (Wildman–Crippen MR) is 59.4 cm³/mol. The van der Waals surface area contributed by atoms with Crippen LogP contribution in [0.3, 0.4) is 0 Å². The van der Waals surface area contributed by atoms with Gasteiger partial charge in [-0.25, -0.2) is 0 Å². The normalized spacial score (nSPS) is 12.7. The monoisotopic (exact) mass is 193 g/mol. The van der Waals surface area contributed by atoms with Crippen LogP contribution in [0.4, 0.5) is 0 Å². The van der Waals surface area contributed by atoms with E-state index < -0.39 is 0 Å². The molecule has 0 unspecified atom stereocenters. The Morgan fingerprint density at radius 1 is 1.29 bits per heavy atom. The maximum absolute atomic E-state index is 5.26. The minimum atomic E-state index is 0.400. The highest BCUT2D eigenvalue weighted by molar-refractivity contribution is 5.17. The fraction of sp³-hybridized carbons (Fsp3) is 0.500. The Bertz CT molecular complexity index is 235. The summed E-state index contributed by atoms with van der Waals surface area (Å²) in [5.74, 6) is 0. The van der Waals surface area contributed by atoms with Crippen LogP contribution in [0.1, 0.15) is 25.5 Å². The van der Waals surface area contributed by atoms with Gasteiger partial charge in [-0.15, -0.1) is 0 Å². The molecule has 0 amide bonds. The molecule has 0 aliphatic heterocycles. The van der Waals surface area contributed by atoms with Crippen molar-refractivity contribution in [1.82, 2.24) is 5.32 Å². The summed E-state index contributed by atoms with van der Waals surface area (Å²) in [7, 11) is 0. The average molecular weight is 193 g/mol. The van der Waals surface area contributed by atoms with E-state index in [0.717, 1.165) is 19.8 Å². The van der Waals surface area contributed by atoms with Gasteiger partial charge in [-0.05, 0) is 19.4 Å². The van der Waals surface area contributed by atoms with Crippen molar-refractivity contribution in [3.8, 4) is 0 Å². The van der Waals surface area contributed by atoms with Gasteiger partial charge in [-0.2, -0.15) is 0 Å². The van der Waals surface area contributed by atoms with Crippen LogP contribution in [0.15, 0.2) is 30.3 Å². The number of hydrogen-bond donors (Lipinski definition) is 1. The van der Waals surface area contributed by atoms with Gasteiger partial charge in [0.25, 0.3) is 0 Å². The summed E-state index contributed by atoms with van der Waals surface area (Å²) in [5.41, 5.74) is 1.32. The van der Waals surface area contributed by atoms with Gasteiger partial charge in [0.1, 0.15) is 0 Å². The van der Waals surface area contributed by atoms with Gasteiger partial charge < -0.3 is 10.1 Å². The molecular weight excluding hydrogens is 174 g/mol. The SMILES string of the molecule is CCOCCN[C@@H](C)c1ccccc1. The maximum atomic E-state index is 5.26. The number of rotatable bonds is 6. The minimum Gasteiger partial charge on any atom is -0.380 e. The van der Waals surface area contributed by atoms with Crippen LogP contribution < -0.4 is 5.32 Å². The molecule has 0 bridgehead atoms. The van der Waals surface area contributed by atoms with Crippen molar-refractivity contribution >= 4 is 0 Å². The van der Waals surface area contributed by atoms with Crippen LogP contribution in [0, 0.1) is 0 Å². The summed E-state index contributed by atoms with van der Waals surface area (Å²) in [4.78, 5) is 0. The van der Waals surface area contributed by atoms with Gasteiger partial charge in [-0.1, -0.05) is 30.3 Å². The van der Waals surface area contributed by atoms with Gasteiger partial charge >= 0.3 is 0 Å². The summed E-state index contributed by atoms with van der Waals surface area (Å²) in [6.07, 6.45) is 0. The quantitative estimate of drug-likeness (QED) is 0.700.